The van der Waals surface area contributed by atoms with Crippen LogP contribution in [0.3, 0.4) is 0 Å². The van der Waals surface area contributed by atoms with Crippen molar-refractivity contribution in [2.24, 2.45) is 10.9 Å². The average molecular weight is 390 g/mol. The second-order valence-electron chi connectivity index (χ2n) is 7.30. The normalized spacial score (nSPS) is 17.2. The van der Waals surface area contributed by atoms with Crippen LogP contribution in [0.15, 0.2) is 53.8 Å². The first-order valence-corrected chi connectivity index (χ1v) is 10.1. The van der Waals surface area contributed by atoms with E-state index in [2.05, 4.69) is 11.3 Å². The van der Waals surface area contributed by atoms with E-state index in [1.54, 1.807) is 23.5 Å². The van der Waals surface area contributed by atoms with Crippen molar-refractivity contribution < 1.29 is 4.92 Å². The number of rotatable bonds is 2. The summed E-state index contributed by atoms with van der Waals surface area (Å²) < 4.78 is 2.06. The second kappa shape index (κ2) is 6.53. The number of nitro benzene ring substituents is 1. The highest BCUT2D eigenvalue weighted by atomic mass is 32.1. The zero-order valence-corrected chi connectivity index (χ0v) is 16.1. The quantitative estimate of drug-likeness (QED) is 0.364. The summed E-state index contributed by atoms with van der Waals surface area (Å²) in [5.74, 6) is 0.691. The Kier molecular flexibility index (Phi) is 3.98. The number of non-ortho nitro benzene ring substituents is 1. The zero-order valence-electron chi connectivity index (χ0n) is 15.3. The number of thiophene rings is 1. The van der Waals surface area contributed by atoms with E-state index in [1.165, 1.54) is 29.0 Å². The Morgan fingerprint density at radius 2 is 2.11 bits per heavy atom. The van der Waals surface area contributed by atoms with Crippen LogP contribution in [-0.2, 0) is 12.8 Å². The summed E-state index contributed by atoms with van der Waals surface area (Å²) in [6, 6.07) is 10.4. The summed E-state index contributed by atoms with van der Waals surface area (Å²) in [6.07, 6.45) is 7.18. The number of fused-ring (bicyclic) bond motifs is 4. The summed E-state index contributed by atoms with van der Waals surface area (Å²) in [4.78, 5) is 22.6. The van der Waals surface area contributed by atoms with Gasteiger partial charge < -0.3 is 0 Å². The van der Waals surface area contributed by atoms with Gasteiger partial charge in [-0.25, -0.2) is 9.98 Å². The van der Waals surface area contributed by atoms with Crippen LogP contribution >= 0.6 is 11.3 Å². The van der Waals surface area contributed by atoms with Crippen molar-refractivity contribution in [2.45, 2.75) is 26.2 Å². The van der Waals surface area contributed by atoms with Crippen LogP contribution in [0.2, 0.25) is 0 Å². The summed E-state index contributed by atoms with van der Waals surface area (Å²) >= 11 is 1.77. The molecule has 0 amide bonds. The highest BCUT2D eigenvalue weighted by Crippen LogP contribution is 2.35. The van der Waals surface area contributed by atoms with Gasteiger partial charge in [0.05, 0.1) is 27.7 Å². The summed E-state index contributed by atoms with van der Waals surface area (Å²) in [6.45, 7) is 2.30. The van der Waals surface area contributed by atoms with Crippen molar-refractivity contribution in [3.8, 4) is 0 Å². The molecule has 0 saturated carbocycles. The molecule has 0 saturated heterocycles. The molecule has 3 aromatic heterocycles. The number of nitrogens with zero attached hydrogens (tertiary/aromatic N) is 4. The van der Waals surface area contributed by atoms with E-state index in [-0.39, 0.29) is 5.69 Å². The molecule has 3 heterocycles. The van der Waals surface area contributed by atoms with Gasteiger partial charge in [0.15, 0.2) is 0 Å². The van der Waals surface area contributed by atoms with Gasteiger partial charge in [0.25, 0.3) is 5.69 Å². The number of hydrogen-bond donors (Lipinski definition) is 0. The molecule has 1 aromatic carbocycles. The minimum atomic E-state index is -0.394. The molecular weight excluding hydrogens is 372 g/mol. The average Bonchev–Trinajstić information content (AvgIpc) is 3.26. The molecule has 5 rings (SSSR count). The maximum Gasteiger partial charge on any atom is 0.269 e. The SMILES string of the molecule is CC1CCc2c(sc3ncc4cccn4c(=Nc4ccc([N+](=O)[O-])cc4)c23)C1. The fraction of sp³-hybridized carbons (Fsp3) is 0.238. The van der Waals surface area contributed by atoms with Crippen LogP contribution < -0.4 is 5.49 Å². The maximum atomic E-state index is 10.9. The predicted molar refractivity (Wildman–Crippen MR) is 110 cm³/mol. The molecular formula is C21H18N4O2S. The van der Waals surface area contributed by atoms with Gasteiger partial charge in [0.2, 0.25) is 0 Å². The minimum Gasteiger partial charge on any atom is -0.300 e. The van der Waals surface area contributed by atoms with Gasteiger partial charge in [-0.1, -0.05) is 6.92 Å². The van der Waals surface area contributed by atoms with Crippen LogP contribution in [0.5, 0.6) is 0 Å². The Bertz CT molecular complexity index is 1290. The molecule has 1 unspecified atom stereocenters. The standard InChI is InChI=1S/C21H18N4O2S/c1-13-4-9-17-18(11-13)28-21-19(17)20(24-10-2-3-16(24)12-22-21)23-14-5-7-15(8-6-14)25(26)27/h2-3,5-8,10,12-13H,4,9,11H2,1H3. The fourth-order valence-corrected chi connectivity index (χ4v) is 5.23. The first-order valence-electron chi connectivity index (χ1n) is 9.30. The molecule has 6 nitrogen and oxygen atoms in total. The number of aryl methyl sites for hydroxylation is 1. The summed E-state index contributed by atoms with van der Waals surface area (Å²) in [5, 5.41) is 12.1. The molecule has 140 valence electrons. The van der Waals surface area contributed by atoms with Gasteiger partial charge in [0, 0.05) is 23.2 Å². The largest absolute Gasteiger partial charge is 0.300 e. The lowest BCUT2D eigenvalue weighted by Crippen LogP contribution is -2.15. The van der Waals surface area contributed by atoms with Crippen LogP contribution in [0, 0.1) is 16.0 Å². The molecule has 4 aromatic rings. The number of nitro groups is 1. The molecule has 28 heavy (non-hydrogen) atoms. The van der Waals surface area contributed by atoms with E-state index in [4.69, 9.17) is 9.98 Å². The van der Waals surface area contributed by atoms with Gasteiger partial charge in [-0.05, 0) is 55.0 Å². The van der Waals surface area contributed by atoms with Gasteiger partial charge in [0.1, 0.15) is 10.3 Å². The van der Waals surface area contributed by atoms with Crippen LogP contribution in [0.25, 0.3) is 15.7 Å². The van der Waals surface area contributed by atoms with Crippen molar-refractivity contribution in [3.63, 3.8) is 0 Å². The van der Waals surface area contributed by atoms with E-state index < -0.39 is 4.92 Å². The Labute approximate surface area is 165 Å². The Hall–Kier alpha value is -3.06. The van der Waals surface area contributed by atoms with Crippen molar-refractivity contribution in [2.75, 3.05) is 0 Å². The van der Waals surface area contributed by atoms with Crippen LogP contribution in [0.1, 0.15) is 23.8 Å². The highest BCUT2D eigenvalue weighted by Gasteiger charge is 2.22. The Morgan fingerprint density at radius 1 is 1.29 bits per heavy atom. The molecule has 7 heteroatoms. The van der Waals surface area contributed by atoms with Gasteiger partial charge in [-0.3, -0.25) is 14.5 Å². The monoisotopic (exact) mass is 390 g/mol. The van der Waals surface area contributed by atoms with Gasteiger partial charge in [-0.15, -0.1) is 11.3 Å². The van der Waals surface area contributed by atoms with Crippen molar-refractivity contribution in [3.05, 3.63) is 74.8 Å². The van der Waals surface area contributed by atoms with Crippen LogP contribution in [0.4, 0.5) is 11.4 Å². The number of hydrogen-bond acceptors (Lipinski definition) is 5. The Balaban J connectivity index is 1.84. The molecule has 1 aliphatic carbocycles. The first kappa shape index (κ1) is 17.1. The molecule has 0 spiro atoms. The molecule has 0 aliphatic heterocycles. The lowest BCUT2D eigenvalue weighted by Gasteiger charge is -2.17. The third-order valence-electron chi connectivity index (χ3n) is 5.33. The lowest BCUT2D eigenvalue weighted by atomic mass is 9.89. The van der Waals surface area contributed by atoms with Gasteiger partial charge >= 0.3 is 0 Å². The molecule has 0 N–H and O–H groups in total. The van der Waals surface area contributed by atoms with E-state index in [9.17, 15) is 10.1 Å². The molecule has 0 radical (unpaired) electrons. The Morgan fingerprint density at radius 3 is 2.89 bits per heavy atom. The molecule has 1 aliphatic rings. The first-order chi connectivity index (χ1) is 13.6. The third-order valence-corrected chi connectivity index (χ3v) is 6.50. The summed E-state index contributed by atoms with van der Waals surface area (Å²) in [5.41, 5.74) is 3.93. The predicted octanol–water partition coefficient (Wildman–Crippen LogP) is 4.81. The maximum absolute atomic E-state index is 10.9. The van der Waals surface area contributed by atoms with E-state index in [0.29, 0.717) is 11.6 Å². The number of benzene rings is 1. The molecule has 0 fully saturated rings. The molecule has 1 atom stereocenters. The van der Waals surface area contributed by atoms with E-state index in [0.717, 1.165) is 34.1 Å². The minimum absolute atomic E-state index is 0.0670. The second-order valence-corrected chi connectivity index (χ2v) is 8.39. The van der Waals surface area contributed by atoms with Crippen LogP contribution in [-0.4, -0.2) is 14.3 Å². The zero-order chi connectivity index (χ0) is 19.3. The van der Waals surface area contributed by atoms with E-state index in [1.807, 2.05) is 24.5 Å². The highest BCUT2D eigenvalue weighted by molar-refractivity contribution is 7.18. The van der Waals surface area contributed by atoms with Gasteiger partial charge in [-0.2, -0.15) is 0 Å². The topological polar surface area (TPSA) is 72.8 Å². The van der Waals surface area contributed by atoms with Crippen molar-refractivity contribution in [1.29, 1.82) is 0 Å². The molecule has 0 bridgehead atoms. The van der Waals surface area contributed by atoms with Crippen molar-refractivity contribution in [1.82, 2.24) is 9.38 Å². The van der Waals surface area contributed by atoms with E-state index >= 15 is 0 Å². The smallest absolute Gasteiger partial charge is 0.269 e. The summed E-state index contributed by atoms with van der Waals surface area (Å²) in [7, 11) is 0. The van der Waals surface area contributed by atoms with Crippen molar-refractivity contribution >= 4 is 38.4 Å². The third kappa shape index (κ3) is 2.79. The lowest BCUT2D eigenvalue weighted by molar-refractivity contribution is -0.384. The fourth-order valence-electron chi connectivity index (χ4n) is 3.88. The number of aromatic nitrogens is 2.